The Morgan fingerprint density at radius 1 is 0.957 bits per heavy atom. The number of carbonyl (C=O) groups excluding carboxylic acids is 2. The van der Waals surface area contributed by atoms with Crippen LogP contribution in [0.3, 0.4) is 0 Å². The summed E-state index contributed by atoms with van der Waals surface area (Å²) < 4.78 is 40.1. The molecule has 23 heavy (non-hydrogen) atoms. The van der Waals surface area contributed by atoms with Crippen LogP contribution in [-0.2, 0) is 4.79 Å². The molecule has 0 aliphatic rings. The number of anilines is 1. The highest BCUT2D eigenvalue weighted by atomic mass is 79.9. The topological polar surface area (TPSA) is 58.2 Å². The van der Waals surface area contributed by atoms with Gasteiger partial charge in [-0.1, -0.05) is 15.9 Å². The van der Waals surface area contributed by atoms with Gasteiger partial charge in [0.05, 0.1) is 12.1 Å². The minimum Gasteiger partial charge on any atom is -0.343 e. The smallest absolute Gasteiger partial charge is 0.254 e. The van der Waals surface area contributed by atoms with Gasteiger partial charge in [-0.15, -0.1) is 0 Å². The lowest BCUT2D eigenvalue weighted by Crippen LogP contribution is -2.33. The van der Waals surface area contributed by atoms with Crippen LogP contribution >= 0.6 is 15.9 Å². The van der Waals surface area contributed by atoms with Gasteiger partial charge in [-0.25, -0.2) is 13.2 Å². The molecule has 8 heteroatoms. The first-order chi connectivity index (χ1) is 10.9. The van der Waals surface area contributed by atoms with Gasteiger partial charge in [0.1, 0.15) is 0 Å². The van der Waals surface area contributed by atoms with Crippen molar-refractivity contribution in [3.05, 3.63) is 63.9 Å². The normalized spacial score (nSPS) is 10.3. The lowest BCUT2D eigenvalue weighted by atomic mass is 10.2. The third-order valence-electron chi connectivity index (χ3n) is 2.82. The quantitative estimate of drug-likeness (QED) is 0.792. The average molecular weight is 387 g/mol. The van der Waals surface area contributed by atoms with Crippen LogP contribution in [0, 0.1) is 17.5 Å². The second-order valence-corrected chi connectivity index (χ2v) is 5.38. The van der Waals surface area contributed by atoms with Crippen LogP contribution in [-0.4, -0.2) is 18.4 Å². The molecular formula is C15H10BrF3N2O2. The Morgan fingerprint density at radius 3 is 2.26 bits per heavy atom. The molecule has 0 unspecified atom stereocenters. The van der Waals surface area contributed by atoms with E-state index in [2.05, 4.69) is 26.6 Å². The van der Waals surface area contributed by atoms with Crippen LogP contribution in [0.1, 0.15) is 10.4 Å². The largest absolute Gasteiger partial charge is 0.343 e. The maximum atomic E-state index is 13.4. The molecule has 2 N–H and O–H groups in total. The van der Waals surface area contributed by atoms with E-state index >= 15 is 0 Å². The van der Waals surface area contributed by atoms with Crippen molar-refractivity contribution in [2.24, 2.45) is 0 Å². The first kappa shape index (κ1) is 17.0. The molecule has 0 heterocycles. The summed E-state index contributed by atoms with van der Waals surface area (Å²) in [7, 11) is 0. The number of amides is 2. The van der Waals surface area contributed by atoms with Crippen LogP contribution in [0.25, 0.3) is 0 Å². The van der Waals surface area contributed by atoms with Crippen molar-refractivity contribution in [1.82, 2.24) is 5.32 Å². The molecular weight excluding hydrogens is 377 g/mol. The van der Waals surface area contributed by atoms with E-state index in [0.717, 1.165) is 10.5 Å². The summed E-state index contributed by atoms with van der Waals surface area (Å²) in [5.41, 5.74) is -0.174. The van der Waals surface area contributed by atoms with E-state index in [-0.39, 0.29) is 0 Å². The van der Waals surface area contributed by atoms with Crippen LogP contribution in [0.2, 0.25) is 0 Å². The van der Waals surface area contributed by atoms with E-state index in [1.54, 1.807) is 24.3 Å². The first-order valence-electron chi connectivity index (χ1n) is 6.35. The van der Waals surface area contributed by atoms with Crippen molar-refractivity contribution >= 4 is 33.4 Å². The van der Waals surface area contributed by atoms with Crippen molar-refractivity contribution in [3.63, 3.8) is 0 Å². The number of benzene rings is 2. The van der Waals surface area contributed by atoms with Crippen molar-refractivity contribution in [2.75, 3.05) is 11.9 Å². The maximum absolute atomic E-state index is 13.4. The molecule has 0 aliphatic heterocycles. The molecule has 0 fully saturated rings. The standard InChI is InChI=1S/C15H10BrF3N2O2/c16-8-1-3-9(4-2-8)21-12(22)7-20-15(23)10-5-6-11(17)14(19)13(10)18/h1-6H,7H2,(H,20,23)(H,21,22). The van der Waals surface area contributed by atoms with Gasteiger partial charge >= 0.3 is 0 Å². The molecule has 0 atom stereocenters. The molecule has 0 aliphatic carbocycles. The van der Waals surface area contributed by atoms with Gasteiger partial charge in [-0.2, -0.15) is 0 Å². The number of hydrogen-bond acceptors (Lipinski definition) is 2. The van der Waals surface area contributed by atoms with E-state index in [9.17, 15) is 22.8 Å². The van der Waals surface area contributed by atoms with Gasteiger partial charge in [0, 0.05) is 10.2 Å². The molecule has 2 aromatic rings. The predicted octanol–water partition coefficient (Wildman–Crippen LogP) is 3.23. The Labute approximate surface area is 137 Å². The lowest BCUT2D eigenvalue weighted by Gasteiger charge is -2.08. The van der Waals surface area contributed by atoms with Gasteiger partial charge in [0.25, 0.3) is 5.91 Å². The van der Waals surface area contributed by atoms with Crippen molar-refractivity contribution < 1.29 is 22.8 Å². The lowest BCUT2D eigenvalue weighted by molar-refractivity contribution is -0.115. The summed E-state index contributed by atoms with van der Waals surface area (Å²) in [5.74, 6) is -6.31. The molecule has 120 valence electrons. The third kappa shape index (κ3) is 4.32. The Bertz CT molecular complexity index is 751. The zero-order valence-electron chi connectivity index (χ0n) is 11.5. The number of halogens is 4. The van der Waals surface area contributed by atoms with E-state index in [4.69, 9.17) is 0 Å². The Balaban J connectivity index is 1.95. The summed E-state index contributed by atoms with van der Waals surface area (Å²) in [4.78, 5) is 23.4. The van der Waals surface area contributed by atoms with E-state index in [0.29, 0.717) is 11.8 Å². The highest BCUT2D eigenvalue weighted by molar-refractivity contribution is 9.10. The molecule has 0 saturated heterocycles. The summed E-state index contributed by atoms with van der Waals surface area (Å²) in [5, 5.41) is 4.64. The highest BCUT2D eigenvalue weighted by Gasteiger charge is 2.19. The highest BCUT2D eigenvalue weighted by Crippen LogP contribution is 2.15. The van der Waals surface area contributed by atoms with Gasteiger partial charge in [0.15, 0.2) is 17.5 Å². The number of nitrogens with one attached hydrogen (secondary N) is 2. The van der Waals surface area contributed by atoms with Crippen LogP contribution in [0.4, 0.5) is 18.9 Å². The maximum Gasteiger partial charge on any atom is 0.254 e. The van der Waals surface area contributed by atoms with Crippen molar-refractivity contribution in [3.8, 4) is 0 Å². The monoisotopic (exact) mass is 386 g/mol. The second-order valence-electron chi connectivity index (χ2n) is 4.46. The van der Waals surface area contributed by atoms with Gasteiger partial charge in [-0.3, -0.25) is 9.59 Å². The number of hydrogen-bond donors (Lipinski definition) is 2. The Kier molecular flexibility index (Phi) is 5.38. The predicted molar refractivity (Wildman–Crippen MR) is 81.4 cm³/mol. The van der Waals surface area contributed by atoms with E-state index < -0.39 is 41.4 Å². The summed E-state index contributed by atoms with van der Waals surface area (Å²) in [6.45, 7) is -0.451. The fourth-order valence-corrected chi connectivity index (χ4v) is 1.96. The Hall–Kier alpha value is -2.35. The Morgan fingerprint density at radius 2 is 1.61 bits per heavy atom. The van der Waals surface area contributed by atoms with Crippen molar-refractivity contribution in [2.45, 2.75) is 0 Å². The molecule has 2 amide bonds. The fraction of sp³-hybridized carbons (Fsp3) is 0.0667. The van der Waals surface area contributed by atoms with Gasteiger partial charge in [0.2, 0.25) is 5.91 Å². The average Bonchev–Trinajstić information content (AvgIpc) is 2.53. The minimum atomic E-state index is -1.74. The van der Waals surface area contributed by atoms with E-state index in [1.807, 2.05) is 0 Å². The van der Waals surface area contributed by atoms with Crippen LogP contribution in [0.5, 0.6) is 0 Å². The van der Waals surface area contributed by atoms with Crippen LogP contribution in [0.15, 0.2) is 40.9 Å². The molecule has 0 bridgehead atoms. The molecule has 0 radical (unpaired) electrons. The SMILES string of the molecule is O=C(CNC(=O)c1ccc(F)c(F)c1F)Nc1ccc(Br)cc1. The molecule has 0 spiro atoms. The summed E-state index contributed by atoms with van der Waals surface area (Å²) in [6, 6.07) is 8.14. The fourth-order valence-electron chi connectivity index (χ4n) is 1.70. The molecule has 0 aromatic heterocycles. The molecule has 0 saturated carbocycles. The van der Waals surface area contributed by atoms with Crippen LogP contribution < -0.4 is 10.6 Å². The van der Waals surface area contributed by atoms with Gasteiger partial charge in [-0.05, 0) is 36.4 Å². The summed E-state index contributed by atoms with van der Waals surface area (Å²) in [6.07, 6.45) is 0. The zero-order valence-corrected chi connectivity index (χ0v) is 13.1. The summed E-state index contributed by atoms with van der Waals surface area (Å²) >= 11 is 3.24. The number of rotatable bonds is 4. The second kappa shape index (κ2) is 7.28. The molecule has 4 nitrogen and oxygen atoms in total. The third-order valence-corrected chi connectivity index (χ3v) is 3.35. The van der Waals surface area contributed by atoms with Gasteiger partial charge < -0.3 is 10.6 Å². The first-order valence-corrected chi connectivity index (χ1v) is 7.15. The minimum absolute atomic E-state index is 0.451. The zero-order chi connectivity index (χ0) is 17.0. The van der Waals surface area contributed by atoms with E-state index in [1.165, 1.54) is 0 Å². The number of carbonyl (C=O) groups is 2. The molecule has 2 rings (SSSR count). The van der Waals surface area contributed by atoms with Crippen molar-refractivity contribution in [1.29, 1.82) is 0 Å². The molecule has 2 aromatic carbocycles.